The Morgan fingerprint density at radius 2 is 1.96 bits per heavy atom. The van der Waals surface area contributed by atoms with Crippen molar-refractivity contribution < 1.29 is 4.79 Å². The van der Waals surface area contributed by atoms with Gasteiger partial charge >= 0.3 is 0 Å². The first kappa shape index (κ1) is 18.8. The van der Waals surface area contributed by atoms with E-state index in [4.69, 9.17) is 0 Å². The smallest absolute Gasteiger partial charge is 0.274 e. The Morgan fingerprint density at radius 3 is 2.71 bits per heavy atom. The minimum Gasteiger partial charge on any atom is -0.337 e. The highest BCUT2D eigenvalue weighted by molar-refractivity contribution is 5.92. The fourth-order valence-electron chi connectivity index (χ4n) is 4.37. The third-order valence-corrected chi connectivity index (χ3v) is 5.96. The van der Waals surface area contributed by atoms with Crippen molar-refractivity contribution in [2.45, 2.75) is 31.7 Å². The molecule has 7 nitrogen and oxygen atoms in total. The van der Waals surface area contributed by atoms with E-state index in [0.29, 0.717) is 24.1 Å². The number of hydrogen-bond donors (Lipinski definition) is 2. The van der Waals surface area contributed by atoms with Gasteiger partial charge in [0, 0.05) is 44.7 Å². The Balaban J connectivity index is 1.49. The van der Waals surface area contributed by atoms with Gasteiger partial charge in [-0.05, 0) is 37.3 Å². The van der Waals surface area contributed by atoms with Gasteiger partial charge in [-0.1, -0.05) is 29.8 Å². The van der Waals surface area contributed by atoms with Crippen molar-refractivity contribution in [3.05, 3.63) is 63.6 Å². The van der Waals surface area contributed by atoms with Crippen LogP contribution in [0.5, 0.6) is 0 Å². The lowest BCUT2D eigenvalue weighted by molar-refractivity contribution is 0.0636. The second kappa shape index (κ2) is 7.85. The Labute approximate surface area is 164 Å². The molecule has 3 atom stereocenters. The van der Waals surface area contributed by atoms with Crippen molar-refractivity contribution in [1.29, 1.82) is 0 Å². The third kappa shape index (κ3) is 3.72. The van der Waals surface area contributed by atoms with E-state index in [9.17, 15) is 9.59 Å². The van der Waals surface area contributed by atoms with E-state index in [1.165, 1.54) is 27.9 Å². The van der Waals surface area contributed by atoms with Gasteiger partial charge in [0.2, 0.25) is 0 Å². The van der Waals surface area contributed by atoms with E-state index in [-0.39, 0.29) is 17.5 Å². The molecule has 28 heavy (non-hydrogen) atoms. The predicted octanol–water partition coefficient (Wildman–Crippen LogP) is 1.20. The highest BCUT2D eigenvalue weighted by Gasteiger charge is 2.37. The van der Waals surface area contributed by atoms with Crippen molar-refractivity contribution in [2.75, 3.05) is 19.6 Å². The number of carbonyl (C=O) groups excluding carboxylic acids is 1. The molecular weight excluding hydrogens is 354 g/mol. The van der Waals surface area contributed by atoms with Gasteiger partial charge in [-0.3, -0.25) is 20.4 Å². The normalized spacial score (nSPS) is 25.1. The number of benzene rings is 1. The molecule has 0 saturated carbocycles. The summed E-state index contributed by atoms with van der Waals surface area (Å²) >= 11 is 0. The van der Waals surface area contributed by atoms with E-state index >= 15 is 0 Å². The number of hydrogen-bond acceptors (Lipinski definition) is 5. The number of nitrogens with zero attached hydrogens (tertiary/aromatic N) is 3. The van der Waals surface area contributed by atoms with Gasteiger partial charge in [-0.15, -0.1) is 0 Å². The molecule has 7 heteroatoms. The van der Waals surface area contributed by atoms with Crippen LogP contribution in [0.3, 0.4) is 0 Å². The van der Waals surface area contributed by atoms with Crippen LogP contribution in [0.4, 0.5) is 0 Å². The lowest BCUT2D eigenvalue weighted by atomic mass is 9.81. The summed E-state index contributed by atoms with van der Waals surface area (Å²) in [5, 5.41) is 4.13. The van der Waals surface area contributed by atoms with Crippen molar-refractivity contribution in [2.24, 2.45) is 13.0 Å². The summed E-state index contributed by atoms with van der Waals surface area (Å²) < 4.78 is 1.21. The predicted molar refractivity (Wildman–Crippen MR) is 107 cm³/mol. The van der Waals surface area contributed by atoms with Gasteiger partial charge in [0.1, 0.15) is 5.69 Å². The number of nitrogens with one attached hydrogen (secondary N) is 2. The van der Waals surface area contributed by atoms with E-state index in [1.807, 2.05) is 4.90 Å². The van der Waals surface area contributed by atoms with Crippen LogP contribution >= 0.6 is 0 Å². The first-order chi connectivity index (χ1) is 13.5. The van der Waals surface area contributed by atoms with Crippen LogP contribution in [-0.4, -0.2) is 46.3 Å². The molecule has 1 aromatic carbocycles. The van der Waals surface area contributed by atoms with Gasteiger partial charge in [0.05, 0.1) is 0 Å². The number of aryl methyl sites for hydroxylation is 2. The van der Waals surface area contributed by atoms with Crippen LogP contribution in [-0.2, 0) is 7.05 Å². The number of likely N-dealkylation sites (tertiary alicyclic amines) is 1. The zero-order chi connectivity index (χ0) is 19.7. The van der Waals surface area contributed by atoms with E-state index in [2.05, 4.69) is 47.1 Å². The summed E-state index contributed by atoms with van der Waals surface area (Å²) in [5.74, 6) is 0.654. The molecule has 0 bridgehead atoms. The molecule has 148 valence electrons. The molecule has 2 aromatic rings. The Kier molecular flexibility index (Phi) is 5.28. The third-order valence-electron chi connectivity index (χ3n) is 5.96. The summed E-state index contributed by atoms with van der Waals surface area (Å²) in [6, 6.07) is 11.9. The monoisotopic (exact) mass is 381 g/mol. The Bertz CT molecular complexity index is 908. The zero-order valence-electron chi connectivity index (χ0n) is 16.4. The van der Waals surface area contributed by atoms with Crippen molar-refractivity contribution in [3.63, 3.8) is 0 Å². The van der Waals surface area contributed by atoms with E-state index in [0.717, 1.165) is 25.9 Å². The SMILES string of the molecule is Cc1ccc(C2CNNC2C2CCCN(C(=O)c3ccc(=O)n(C)n3)C2)cc1. The molecule has 2 saturated heterocycles. The topological polar surface area (TPSA) is 79.3 Å². The second-order valence-corrected chi connectivity index (χ2v) is 7.90. The van der Waals surface area contributed by atoms with E-state index < -0.39 is 0 Å². The average Bonchev–Trinajstić information content (AvgIpc) is 3.20. The van der Waals surface area contributed by atoms with Crippen LogP contribution in [0.25, 0.3) is 0 Å². The Morgan fingerprint density at radius 1 is 1.18 bits per heavy atom. The maximum Gasteiger partial charge on any atom is 0.274 e. The molecule has 2 N–H and O–H groups in total. The summed E-state index contributed by atoms with van der Waals surface area (Å²) in [4.78, 5) is 26.4. The summed E-state index contributed by atoms with van der Waals surface area (Å²) in [6.45, 7) is 4.42. The van der Waals surface area contributed by atoms with Gasteiger partial charge in [-0.2, -0.15) is 5.10 Å². The summed E-state index contributed by atoms with van der Waals surface area (Å²) in [6.07, 6.45) is 2.06. The van der Waals surface area contributed by atoms with Crippen molar-refractivity contribution in [3.8, 4) is 0 Å². The first-order valence-corrected chi connectivity index (χ1v) is 9.91. The number of hydrazine groups is 1. The molecule has 0 aliphatic carbocycles. The van der Waals surface area contributed by atoms with Crippen LogP contribution in [0.2, 0.25) is 0 Å². The standard InChI is InChI=1S/C21H27N5O2/c1-14-5-7-15(8-6-14)17-12-22-23-20(17)16-4-3-11-26(13-16)21(28)18-9-10-19(27)25(2)24-18/h5-10,16-17,20,22-23H,3-4,11-13H2,1-2H3. The van der Waals surface area contributed by atoms with Crippen LogP contribution in [0, 0.1) is 12.8 Å². The molecule has 4 rings (SSSR count). The lowest BCUT2D eigenvalue weighted by Gasteiger charge is -2.37. The molecule has 2 fully saturated rings. The second-order valence-electron chi connectivity index (χ2n) is 7.90. The summed E-state index contributed by atoms with van der Waals surface area (Å²) in [7, 11) is 1.57. The lowest BCUT2D eigenvalue weighted by Crippen LogP contribution is -2.48. The minimum atomic E-state index is -0.213. The molecule has 2 aliphatic heterocycles. The highest BCUT2D eigenvalue weighted by Crippen LogP contribution is 2.32. The van der Waals surface area contributed by atoms with Crippen LogP contribution < -0.4 is 16.4 Å². The van der Waals surface area contributed by atoms with Gasteiger partial charge < -0.3 is 4.90 Å². The number of carbonyl (C=O) groups is 1. The molecule has 1 aromatic heterocycles. The quantitative estimate of drug-likeness (QED) is 0.835. The van der Waals surface area contributed by atoms with E-state index in [1.54, 1.807) is 7.05 Å². The van der Waals surface area contributed by atoms with Crippen molar-refractivity contribution >= 4 is 5.91 Å². The largest absolute Gasteiger partial charge is 0.337 e. The van der Waals surface area contributed by atoms with Crippen molar-refractivity contribution in [1.82, 2.24) is 25.5 Å². The molecule has 0 radical (unpaired) electrons. The van der Waals surface area contributed by atoms with Crippen LogP contribution in [0.1, 0.15) is 40.4 Å². The molecule has 1 amide bonds. The van der Waals surface area contributed by atoms with Crippen LogP contribution in [0.15, 0.2) is 41.2 Å². The molecule has 3 unspecified atom stereocenters. The zero-order valence-corrected chi connectivity index (χ0v) is 16.4. The van der Waals surface area contributed by atoms with Gasteiger partial charge in [0.15, 0.2) is 0 Å². The fraction of sp³-hybridized carbons (Fsp3) is 0.476. The average molecular weight is 381 g/mol. The first-order valence-electron chi connectivity index (χ1n) is 9.91. The fourth-order valence-corrected chi connectivity index (χ4v) is 4.37. The molecule has 2 aliphatic rings. The molecular formula is C21H27N5O2. The number of amides is 1. The van der Waals surface area contributed by atoms with Gasteiger partial charge in [-0.25, -0.2) is 4.68 Å². The number of rotatable bonds is 3. The Hall–Kier alpha value is -2.51. The summed E-state index contributed by atoms with van der Waals surface area (Å²) in [5.41, 5.74) is 9.48. The molecule has 3 heterocycles. The minimum absolute atomic E-state index is 0.0989. The number of aromatic nitrogens is 2. The number of piperidine rings is 1. The molecule has 0 spiro atoms. The maximum absolute atomic E-state index is 12.9. The van der Waals surface area contributed by atoms with Gasteiger partial charge in [0.25, 0.3) is 11.5 Å². The highest BCUT2D eigenvalue weighted by atomic mass is 16.2. The maximum atomic E-state index is 12.9.